The van der Waals surface area contributed by atoms with Gasteiger partial charge in [0.25, 0.3) is 0 Å². The first-order valence-electron chi connectivity index (χ1n) is 5.71. The molecule has 7 nitrogen and oxygen atoms in total. The molecule has 0 spiro atoms. The van der Waals surface area contributed by atoms with Crippen molar-refractivity contribution in [1.29, 1.82) is 5.26 Å². The van der Waals surface area contributed by atoms with Crippen LogP contribution in [0, 0.1) is 11.3 Å². The number of hydrogen-bond donors (Lipinski definition) is 1. The number of carbonyl (C=O) groups is 1. The number of carboxylic acid groups (broad SMARTS) is 1. The van der Waals surface area contributed by atoms with E-state index in [0.29, 0.717) is 0 Å². The second-order valence-corrected chi connectivity index (χ2v) is 6.14. The van der Waals surface area contributed by atoms with Crippen LogP contribution in [0.3, 0.4) is 0 Å². The topological polar surface area (TPSA) is 102 Å². The van der Waals surface area contributed by atoms with Gasteiger partial charge in [-0.25, -0.2) is 0 Å². The van der Waals surface area contributed by atoms with Gasteiger partial charge in [-0.2, -0.15) is 18.0 Å². The Morgan fingerprint density at radius 1 is 1.35 bits per heavy atom. The number of nitrogens with zero attached hydrogens (tertiary/aromatic N) is 3. The van der Waals surface area contributed by atoms with Crippen molar-refractivity contribution in [2.45, 2.75) is 6.42 Å². The Morgan fingerprint density at radius 3 is 2.50 bits per heavy atom. The van der Waals surface area contributed by atoms with E-state index in [0.717, 1.165) is 8.61 Å². The highest BCUT2D eigenvalue weighted by molar-refractivity contribution is 7.90. The molecule has 0 bridgehead atoms. The maximum atomic E-state index is 12.3. The van der Waals surface area contributed by atoms with Crippen LogP contribution < -0.4 is 4.31 Å². The highest BCUT2D eigenvalue weighted by Crippen LogP contribution is 2.22. The van der Waals surface area contributed by atoms with Crippen LogP contribution in [0.2, 0.25) is 0 Å². The number of benzene rings is 1. The van der Waals surface area contributed by atoms with Crippen LogP contribution in [0.25, 0.3) is 0 Å². The first-order valence-corrected chi connectivity index (χ1v) is 7.11. The molecule has 0 heterocycles. The van der Waals surface area contributed by atoms with E-state index >= 15 is 0 Å². The molecule has 0 aliphatic heterocycles. The molecule has 0 unspecified atom stereocenters. The van der Waals surface area contributed by atoms with Gasteiger partial charge in [-0.15, -0.1) is 0 Å². The van der Waals surface area contributed by atoms with Crippen LogP contribution in [0.1, 0.15) is 12.0 Å². The van der Waals surface area contributed by atoms with Gasteiger partial charge in [0, 0.05) is 20.6 Å². The van der Waals surface area contributed by atoms with E-state index in [4.69, 9.17) is 10.4 Å². The lowest BCUT2D eigenvalue weighted by Crippen LogP contribution is -2.40. The molecule has 108 valence electrons. The Labute approximate surface area is 117 Å². The molecule has 1 N–H and O–H groups in total. The first-order chi connectivity index (χ1) is 9.30. The Bertz CT molecular complexity index is 636. The monoisotopic (exact) mass is 297 g/mol. The molecule has 8 heteroatoms. The highest BCUT2D eigenvalue weighted by Gasteiger charge is 2.25. The lowest BCUT2D eigenvalue weighted by Gasteiger charge is -2.26. The molecule has 1 aromatic rings. The zero-order valence-corrected chi connectivity index (χ0v) is 12.0. The van der Waals surface area contributed by atoms with Gasteiger partial charge in [-0.3, -0.25) is 9.10 Å². The third kappa shape index (κ3) is 3.46. The van der Waals surface area contributed by atoms with Crippen molar-refractivity contribution in [3.63, 3.8) is 0 Å². The second-order valence-electron chi connectivity index (χ2n) is 4.07. The Balaban J connectivity index is 3.03. The Hall–Kier alpha value is -2.11. The van der Waals surface area contributed by atoms with Crippen LogP contribution in [-0.2, 0) is 15.0 Å². The molecule has 0 saturated carbocycles. The van der Waals surface area contributed by atoms with Gasteiger partial charge in [0.15, 0.2) is 0 Å². The van der Waals surface area contributed by atoms with Gasteiger partial charge in [-0.1, -0.05) is 12.1 Å². The molecular weight excluding hydrogens is 282 g/mol. The molecule has 0 aromatic heterocycles. The summed E-state index contributed by atoms with van der Waals surface area (Å²) in [5.74, 6) is -1.08. The van der Waals surface area contributed by atoms with Crippen LogP contribution in [0.4, 0.5) is 5.69 Å². The summed E-state index contributed by atoms with van der Waals surface area (Å²) in [5, 5.41) is 17.6. The van der Waals surface area contributed by atoms with Crippen molar-refractivity contribution < 1.29 is 18.3 Å². The fourth-order valence-corrected chi connectivity index (χ4v) is 2.69. The summed E-state index contributed by atoms with van der Waals surface area (Å²) in [5.41, 5.74) is 0.474. The number of anilines is 1. The van der Waals surface area contributed by atoms with E-state index in [1.807, 2.05) is 6.07 Å². The molecular formula is C12H15N3O4S. The summed E-state index contributed by atoms with van der Waals surface area (Å²) in [4.78, 5) is 10.5. The first kappa shape index (κ1) is 15.9. The smallest absolute Gasteiger partial charge is 0.304 e. The zero-order valence-electron chi connectivity index (χ0n) is 11.1. The average molecular weight is 297 g/mol. The largest absolute Gasteiger partial charge is 0.481 e. The summed E-state index contributed by atoms with van der Waals surface area (Å²) in [7, 11) is -1.25. The maximum Gasteiger partial charge on any atom is 0.304 e. The Kier molecular flexibility index (Phi) is 5.07. The molecule has 0 aliphatic carbocycles. The molecule has 1 aromatic carbocycles. The number of aliphatic carboxylic acids is 1. The summed E-state index contributed by atoms with van der Waals surface area (Å²) in [6.07, 6.45) is -0.288. The third-order valence-electron chi connectivity index (χ3n) is 2.74. The molecule has 0 aliphatic rings. The number of carboxylic acids is 1. The van der Waals surface area contributed by atoms with E-state index < -0.39 is 16.2 Å². The average Bonchev–Trinajstić information content (AvgIpc) is 2.43. The van der Waals surface area contributed by atoms with Gasteiger partial charge in [0.2, 0.25) is 0 Å². The minimum atomic E-state index is -3.87. The highest BCUT2D eigenvalue weighted by atomic mass is 32.2. The van der Waals surface area contributed by atoms with Gasteiger partial charge >= 0.3 is 16.2 Å². The van der Waals surface area contributed by atoms with Crippen molar-refractivity contribution >= 4 is 21.9 Å². The summed E-state index contributed by atoms with van der Waals surface area (Å²) >= 11 is 0. The number of nitriles is 1. The Morgan fingerprint density at radius 2 is 1.95 bits per heavy atom. The van der Waals surface area contributed by atoms with Gasteiger partial charge in [-0.05, 0) is 12.1 Å². The predicted octanol–water partition coefficient (Wildman–Crippen LogP) is 0.646. The standard InChI is InChI=1S/C12H15N3O4S/c1-14(8-7-12(16)17)20(18,19)15(2)11-6-4-3-5-10(11)9-13/h3-6H,7-8H2,1-2H3,(H,16,17). The van der Waals surface area contributed by atoms with Crippen molar-refractivity contribution in [2.24, 2.45) is 0 Å². The van der Waals surface area contributed by atoms with Crippen LogP contribution in [0.15, 0.2) is 24.3 Å². The number of rotatable bonds is 6. The van der Waals surface area contributed by atoms with E-state index in [9.17, 15) is 13.2 Å². The van der Waals surface area contributed by atoms with Gasteiger partial charge < -0.3 is 5.11 Å². The lowest BCUT2D eigenvalue weighted by atomic mass is 10.2. The quantitative estimate of drug-likeness (QED) is 0.830. The molecule has 0 amide bonds. The van der Waals surface area contributed by atoms with E-state index in [-0.39, 0.29) is 24.2 Å². The van der Waals surface area contributed by atoms with E-state index in [2.05, 4.69) is 0 Å². The fourth-order valence-electron chi connectivity index (χ4n) is 1.54. The lowest BCUT2D eigenvalue weighted by molar-refractivity contribution is -0.137. The fraction of sp³-hybridized carbons (Fsp3) is 0.333. The molecule has 0 saturated heterocycles. The van der Waals surface area contributed by atoms with Crippen LogP contribution in [0.5, 0.6) is 0 Å². The number of hydrogen-bond acceptors (Lipinski definition) is 4. The second kappa shape index (κ2) is 6.36. The minimum absolute atomic E-state index is 0.142. The predicted molar refractivity (Wildman–Crippen MR) is 73.4 cm³/mol. The van der Waals surface area contributed by atoms with E-state index in [1.54, 1.807) is 12.1 Å². The van der Waals surface area contributed by atoms with Crippen molar-refractivity contribution in [3.8, 4) is 6.07 Å². The minimum Gasteiger partial charge on any atom is -0.481 e. The van der Waals surface area contributed by atoms with Crippen LogP contribution >= 0.6 is 0 Å². The zero-order chi connectivity index (χ0) is 15.3. The summed E-state index contributed by atoms with van der Waals surface area (Å²) in [6.45, 7) is -0.142. The normalized spacial score (nSPS) is 11.1. The van der Waals surface area contributed by atoms with Gasteiger partial charge in [0.1, 0.15) is 6.07 Å². The van der Waals surface area contributed by atoms with Crippen molar-refractivity contribution in [3.05, 3.63) is 29.8 Å². The maximum absolute atomic E-state index is 12.3. The van der Waals surface area contributed by atoms with Gasteiger partial charge in [0.05, 0.1) is 17.7 Å². The molecule has 20 heavy (non-hydrogen) atoms. The SMILES string of the molecule is CN(CCC(=O)O)S(=O)(=O)N(C)c1ccccc1C#N. The van der Waals surface area contributed by atoms with E-state index in [1.165, 1.54) is 26.2 Å². The number of para-hydroxylation sites is 1. The van der Waals surface area contributed by atoms with Crippen molar-refractivity contribution in [2.75, 3.05) is 24.9 Å². The summed E-state index contributed by atoms with van der Waals surface area (Å²) < 4.78 is 26.4. The molecule has 1 rings (SSSR count). The molecule has 0 atom stereocenters. The summed E-state index contributed by atoms with van der Waals surface area (Å²) in [6, 6.07) is 8.21. The molecule has 0 fully saturated rings. The molecule has 0 radical (unpaired) electrons. The van der Waals surface area contributed by atoms with Crippen molar-refractivity contribution in [1.82, 2.24) is 4.31 Å². The van der Waals surface area contributed by atoms with Crippen LogP contribution in [-0.4, -0.2) is 44.4 Å². The third-order valence-corrected chi connectivity index (χ3v) is 4.60.